The van der Waals surface area contributed by atoms with E-state index in [4.69, 9.17) is 4.74 Å². The molecule has 1 aliphatic heterocycles. The van der Waals surface area contributed by atoms with Gasteiger partial charge >= 0.3 is 0 Å². The fourth-order valence-corrected chi connectivity index (χ4v) is 4.08. The average Bonchev–Trinajstić information content (AvgIpc) is 3.00. The summed E-state index contributed by atoms with van der Waals surface area (Å²) < 4.78 is 7.65. The molecule has 1 aliphatic rings. The summed E-state index contributed by atoms with van der Waals surface area (Å²) >= 11 is 0. The van der Waals surface area contributed by atoms with Crippen LogP contribution in [0, 0.1) is 19.8 Å². The van der Waals surface area contributed by atoms with Gasteiger partial charge in [-0.15, -0.1) is 0 Å². The lowest BCUT2D eigenvalue weighted by Crippen LogP contribution is -2.49. The van der Waals surface area contributed by atoms with Crippen molar-refractivity contribution in [3.8, 4) is 0 Å². The molecule has 29 heavy (non-hydrogen) atoms. The summed E-state index contributed by atoms with van der Waals surface area (Å²) in [6.07, 6.45) is 2.87. The van der Waals surface area contributed by atoms with Gasteiger partial charge in [0.2, 0.25) is 0 Å². The van der Waals surface area contributed by atoms with Gasteiger partial charge in [0.15, 0.2) is 0 Å². The van der Waals surface area contributed by atoms with Crippen LogP contribution in [-0.2, 0) is 11.3 Å². The van der Waals surface area contributed by atoms with Crippen LogP contribution in [0.2, 0.25) is 0 Å². The number of carbonyl (C=O) groups is 1. The van der Waals surface area contributed by atoms with Gasteiger partial charge in [-0.25, -0.2) is 0 Å². The van der Waals surface area contributed by atoms with Crippen LogP contribution < -0.4 is 5.32 Å². The zero-order valence-corrected chi connectivity index (χ0v) is 18.1. The number of nitrogens with zero attached hydrogens (tertiary/aromatic N) is 3. The summed E-state index contributed by atoms with van der Waals surface area (Å²) in [5.74, 6) is 0.593. The van der Waals surface area contributed by atoms with E-state index in [1.54, 1.807) is 6.20 Å². The van der Waals surface area contributed by atoms with Crippen LogP contribution >= 0.6 is 0 Å². The lowest BCUT2D eigenvalue weighted by Gasteiger charge is -2.35. The number of carbonyl (C=O) groups excluding carboxylic acids is 1. The first kappa shape index (κ1) is 21.5. The van der Waals surface area contributed by atoms with E-state index >= 15 is 0 Å². The third kappa shape index (κ3) is 5.67. The maximum Gasteiger partial charge on any atom is 0.253 e. The molecule has 1 N–H and O–H groups in total. The highest BCUT2D eigenvalue weighted by molar-refractivity contribution is 5.95. The number of aromatic nitrogens is 2. The molecule has 3 heterocycles. The highest BCUT2D eigenvalue weighted by Crippen LogP contribution is 2.18. The number of aryl methyl sites for hydroxylation is 1. The van der Waals surface area contributed by atoms with Gasteiger partial charge in [-0.3, -0.25) is 14.7 Å². The van der Waals surface area contributed by atoms with Crippen molar-refractivity contribution in [1.82, 2.24) is 19.8 Å². The molecule has 2 aromatic heterocycles. The number of pyridine rings is 1. The first-order valence-electron chi connectivity index (χ1n) is 10.6. The van der Waals surface area contributed by atoms with E-state index in [1.165, 1.54) is 0 Å². The molecular weight excluding hydrogens is 364 g/mol. The smallest absolute Gasteiger partial charge is 0.253 e. The topological polar surface area (TPSA) is 59.4 Å². The van der Waals surface area contributed by atoms with Crippen molar-refractivity contribution in [2.45, 2.75) is 46.7 Å². The zero-order valence-electron chi connectivity index (χ0n) is 18.1. The van der Waals surface area contributed by atoms with Crippen LogP contribution in [-0.4, -0.2) is 59.2 Å². The molecule has 0 radical (unpaired) electrons. The highest BCUT2D eigenvalue weighted by Gasteiger charge is 2.23. The van der Waals surface area contributed by atoms with Gasteiger partial charge < -0.3 is 14.6 Å². The highest BCUT2D eigenvalue weighted by atomic mass is 16.5. The standard InChI is InChI=1S/C23H34N4O2/c1-17(2)13-21(26-9-11-29-12-10-26)15-25-23(28)22-14-18(3)27(19(22)4)16-20-7-5-6-8-24-20/h5-8,14,17,21H,9-13,15-16H2,1-4H3,(H,25,28). The molecule has 158 valence electrons. The fourth-order valence-electron chi connectivity index (χ4n) is 4.08. The molecule has 0 saturated carbocycles. The molecule has 0 spiro atoms. The monoisotopic (exact) mass is 398 g/mol. The van der Waals surface area contributed by atoms with Crippen molar-refractivity contribution < 1.29 is 9.53 Å². The van der Waals surface area contributed by atoms with Crippen LogP contribution in [0.4, 0.5) is 0 Å². The van der Waals surface area contributed by atoms with Crippen molar-refractivity contribution in [2.24, 2.45) is 5.92 Å². The predicted molar refractivity (Wildman–Crippen MR) is 115 cm³/mol. The number of ether oxygens (including phenoxy) is 1. The van der Waals surface area contributed by atoms with Gasteiger partial charge in [0.1, 0.15) is 0 Å². The fraction of sp³-hybridized carbons (Fsp3) is 0.565. The first-order chi connectivity index (χ1) is 14.0. The maximum absolute atomic E-state index is 13.0. The summed E-state index contributed by atoms with van der Waals surface area (Å²) in [7, 11) is 0. The van der Waals surface area contributed by atoms with Crippen molar-refractivity contribution in [1.29, 1.82) is 0 Å². The molecule has 1 saturated heterocycles. The number of nitrogens with one attached hydrogen (secondary N) is 1. The van der Waals surface area contributed by atoms with Crippen LogP contribution in [0.5, 0.6) is 0 Å². The van der Waals surface area contributed by atoms with Crippen LogP contribution in [0.25, 0.3) is 0 Å². The van der Waals surface area contributed by atoms with Crippen LogP contribution in [0.1, 0.15) is 47.7 Å². The largest absolute Gasteiger partial charge is 0.379 e. The molecule has 0 bridgehead atoms. The Labute approximate surface area is 174 Å². The van der Waals surface area contributed by atoms with Gasteiger partial charge in [0.05, 0.1) is 31.0 Å². The Morgan fingerprint density at radius 1 is 1.24 bits per heavy atom. The Morgan fingerprint density at radius 3 is 2.66 bits per heavy atom. The van der Waals surface area contributed by atoms with Gasteiger partial charge in [-0.2, -0.15) is 0 Å². The summed E-state index contributed by atoms with van der Waals surface area (Å²) in [6.45, 7) is 13.3. The van der Waals surface area contributed by atoms with E-state index in [0.717, 1.165) is 55.4 Å². The second kappa shape index (κ2) is 10.0. The van der Waals surface area contributed by atoms with E-state index in [2.05, 4.69) is 33.6 Å². The number of hydrogen-bond acceptors (Lipinski definition) is 4. The molecular formula is C23H34N4O2. The van der Waals surface area contributed by atoms with E-state index in [9.17, 15) is 4.79 Å². The molecule has 1 amide bonds. The number of morpholine rings is 1. The summed E-state index contributed by atoms with van der Waals surface area (Å²) in [5, 5.41) is 3.20. The van der Waals surface area contributed by atoms with Gasteiger partial charge in [-0.1, -0.05) is 19.9 Å². The van der Waals surface area contributed by atoms with Crippen LogP contribution in [0.15, 0.2) is 30.5 Å². The lowest BCUT2D eigenvalue weighted by molar-refractivity contribution is 0.0124. The van der Waals surface area contributed by atoms with E-state index in [0.29, 0.717) is 25.0 Å². The van der Waals surface area contributed by atoms with Crippen molar-refractivity contribution in [2.75, 3.05) is 32.8 Å². The quantitative estimate of drug-likeness (QED) is 0.743. The molecule has 1 atom stereocenters. The van der Waals surface area contributed by atoms with Crippen molar-refractivity contribution in [3.63, 3.8) is 0 Å². The van der Waals surface area contributed by atoms with E-state index in [-0.39, 0.29) is 5.91 Å². The summed E-state index contributed by atoms with van der Waals surface area (Å²) in [5.41, 5.74) is 3.80. The third-order valence-corrected chi connectivity index (χ3v) is 5.67. The summed E-state index contributed by atoms with van der Waals surface area (Å²) in [6, 6.07) is 8.25. The minimum absolute atomic E-state index is 0.00684. The molecule has 1 fully saturated rings. The third-order valence-electron chi connectivity index (χ3n) is 5.67. The summed E-state index contributed by atoms with van der Waals surface area (Å²) in [4.78, 5) is 19.8. The van der Waals surface area contributed by atoms with Gasteiger partial charge in [0, 0.05) is 43.3 Å². The Balaban J connectivity index is 1.67. The van der Waals surface area contributed by atoms with Gasteiger partial charge in [0.25, 0.3) is 5.91 Å². The van der Waals surface area contributed by atoms with E-state index in [1.807, 2.05) is 38.1 Å². The Morgan fingerprint density at radius 2 is 2.00 bits per heavy atom. The normalized spacial score (nSPS) is 16.2. The number of amides is 1. The maximum atomic E-state index is 13.0. The SMILES string of the molecule is Cc1cc(C(=O)NCC(CC(C)C)N2CCOCC2)c(C)n1Cc1ccccn1. The molecule has 0 aliphatic carbocycles. The Hall–Kier alpha value is -2.18. The molecule has 3 rings (SSSR count). The lowest BCUT2D eigenvalue weighted by atomic mass is 10.0. The number of hydrogen-bond donors (Lipinski definition) is 1. The zero-order chi connectivity index (χ0) is 20.8. The van der Waals surface area contributed by atoms with Gasteiger partial charge in [-0.05, 0) is 44.4 Å². The van der Waals surface area contributed by atoms with Crippen molar-refractivity contribution in [3.05, 3.63) is 53.1 Å². The molecule has 2 aromatic rings. The Kier molecular flexibility index (Phi) is 7.45. The second-order valence-corrected chi connectivity index (χ2v) is 8.33. The molecule has 0 aromatic carbocycles. The minimum atomic E-state index is 0.00684. The molecule has 6 heteroatoms. The molecule has 6 nitrogen and oxygen atoms in total. The van der Waals surface area contributed by atoms with Crippen molar-refractivity contribution >= 4 is 5.91 Å². The number of rotatable bonds is 8. The Bertz CT molecular complexity index is 795. The predicted octanol–water partition coefficient (Wildman–Crippen LogP) is 3.02. The minimum Gasteiger partial charge on any atom is -0.379 e. The first-order valence-corrected chi connectivity index (χ1v) is 10.6. The van der Waals surface area contributed by atoms with E-state index < -0.39 is 0 Å². The average molecular weight is 399 g/mol. The van der Waals surface area contributed by atoms with Crippen LogP contribution in [0.3, 0.4) is 0 Å². The second-order valence-electron chi connectivity index (χ2n) is 8.33. The molecule has 1 unspecified atom stereocenters.